The van der Waals surface area contributed by atoms with Gasteiger partial charge in [0.1, 0.15) is 0 Å². The van der Waals surface area contributed by atoms with E-state index in [4.69, 9.17) is 0 Å². The second kappa shape index (κ2) is 7.12. The summed E-state index contributed by atoms with van der Waals surface area (Å²) in [7, 11) is 0. The predicted molar refractivity (Wildman–Crippen MR) is 109 cm³/mol. The van der Waals surface area contributed by atoms with Crippen molar-refractivity contribution in [1.82, 2.24) is 20.3 Å². The van der Waals surface area contributed by atoms with Crippen LogP contribution in [0.25, 0.3) is 5.69 Å². The molecule has 2 fully saturated rings. The van der Waals surface area contributed by atoms with E-state index in [9.17, 15) is 9.90 Å². The Morgan fingerprint density at radius 1 is 1.10 bits per heavy atom. The van der Waals surface area contributed by atoms with Crippen LogP contribution in [0.3, 0.4) is 0 Å². The van der Waals surface area contributed by atoms with Crippen LogP contribution < -0.4 is 5.32 Å². The summed E-state index contributed by atoms with van der Waals surface area (Å²) in [4.78, 5) is 12.6. The van der Waals surface area contributed by atoms with Crippen molar-refractivity contribution in [2.75, 3.05) is 0 Å². The first-order chi connectivity index (χ1) is 14.2. The van der Waals surface area contributed by atoms with Gasteiger partial charge in [-0.05, 0) is 55.9 Å². The lowest BCUT2D eigenvalue weighted by molar-refractivity contribution is 0.0873. The maximum atomic E-state index is 12.6. The maximum Gasteiger partial charge on any atom is 0.251 e. The fraction of sp³-hybridized carbons (Fsp3) is 0.348. The third-order valence-corrected chi connectivity index (χ3v) is 6.23. The molecule has 29 heavy (non-hydrogen) atoms. The maximum absolute atomic E-state index is 12.6. The quantitative estimate of drug-likeness (QED) is 0.704. The zero-order valence-corrected chi connectivity index (χ0v) is 16.2. The SMILES string of the molecule is O=C(N[C@@H]1CCC[C@H]1O)c1cccc(-n2cc(C3(c4ccccc4)CC3)nn2)c1. The van der Waals surface area contributed by atoms with Crippen LogP contribution in [0.1, 0.15) is 53.7 Å². The molecule has 0 aliphatic heterocycles. The molecule has 2 aliphatic rings. The molecule has 2 saturated carbocycles. The van der Waals surface area contributed by atoms with Crippen LogP contribution in [0.5, 0.6) is 0 Å². The molecule has 6 nitrogen and oxygen atoms in total. The van der Waals surface area contributed by atoms with Crippen molar-refractivity contribution in [2.24, 2.45) is 0 Å². The van der Waals surface area contributed by atoms with Gasteiger partial charge in [0.05, 0.1) is 29.7 Å². The highest BCUT2D eigenvalue weighted by Crippen LogP contribution is 2.52. The van der Waals surface area contributed by atoms with E-state index in [1.807, 2.05) is 30.5 Å². The van der Waals surface area contributed by atoms with Crippen LogP contribution in [0, 0.1) is 0 Å². The normalized spacial score (nSPS) is 22.4. The largest absolute Gasteiger partial charge is 0.391 e. The van der Waals surface area contributed by atoms with Gasteiger partial charge in [0.2, 0.25) is 0 Å². The summed E-state index contributed by atoms with van der Waals surface area (Å²) in [6.45, 7) is 0. The zero-order valence-electron chi connectivity index (χ0n) is 16.2. The lowest BCUT2D eigenvalue weighted by Gasteiger charge is -2.16. The Kier molecular flexibility index (Phi) is 4.43. The number of carbonyl (C=O) groups is 1. The second-order valence-corrected chi connectivity index (χ2v) is 8.13. The van der Waals surface area contributed by atoms with E-state index in [0.29, 0.717) is 5.56 Å². The number of hydrogen-bond donors (Lipinski definition) is 2. The Labute approximate surface area is 169 Å². The minimum Gasteiger partial charge on any atom is -0.391 e. The number of amides is 1. The van der Waals surface area contributed by atoms with Crippen LogP contribution in [-0.2, 0) is 5.41 Å². The van der Waals surface area contributed by atoms with Crippen molar-refractivity contribution in [3.8, 4) is 5.69 Å². The Morgan fingerprint density at radius 2 is 1.93 bits per heavy atom. The van der Waals surface area contributed by atoms with E-state index in [-0.39, 0.29) is 17.4 Å². The predicted octanol–water partition coefficient (Wildman–Crippen LogP) is 2.99. The Morgan fingerprint density at radius 3 is 2.66 bits per heavy atom. The van der Waals surface area contributed by atoms with E-state index in [1.165, 1.54) is 5.56 Å². The van der Waals surface area contributed by atoms with Gasteiger partial charge in [0, 0.05) is 11.0 Å². The van der Waals surface area contributed by atoms with Gasteiger partial charge < -0.3 is 10.4 Å². The third-order valence-electron chi connectivity index (χ3n) is 6.23. The van der Waals surface area contributed by atoms with Crippen molar-refractivity contribution in [3.05, 3.63) is 77.6 Å². The molecule has 2 aliphatic carbocycles. The van der Waals surface area contributed by atoms with E-state index in [1.54, 1.807) is 10.7 Å². The topological polar surface area (TPSA) is 80.0 Å². The lowest BCUT2D eigenvalue weighted by atomic mass is 9.93. The average Bonchev–Trinajstić information content (AvgIpc) is 3.24. The summed E-state index contributed by atoms with van der Waals surface area (Å²) in [6, 6.07) is 17.6. The molecule has 1 aromatic heterocycles. The first-order valence-electron chi connectivity index (χ1n) is 10.2. The van der Waals surface area contributed by atoms with Crippen molar-refractivity contribution in [3.63, 3.8) is 0 Å². The van der Waals surface area contributed by atoms with E-state index >= 15 is 0 Å². The number of rotatable bonds is 5. The highest BCUT2D eigenvalue weighted by molar-refractivity contribution is 5.95. The van der Waals surface area contributed by atoms with Crippen LogP contribution in [0.4, 0.5) is 0 Å². The number of benzene rings is 2. The molecule has 2 N–H and O–H groups in total. The summed E-state index contributed by atoms with van der Waals surface area (Å²) < 4.78 is 1.74. The number of aromatic nitrogens is 3. The molecule has 148 valence electrons. The molecule has 2 aromatic carbocycles. The van der Waals surface area contributed by atoms with Crippen molar-refractivity contribution >= 4 is 5.91 Å². The molecule has 1 heterocycles. The molecule has 0 bridgehead atoms. The van der Waals surface area contributed by atoms with Gasteiger partial charge in [-0.15, -0.1) is 5.10 Å². The summed E-state index contributed by atoms with van der Waals surface area (Å²) >= 11 is 0. The molecule has 0 spiro atoms. The minimum atomic E-state index is -0.451. The highest BCUT2D eigenvalue weighted by Gasteiger charge is 2.48. The first-order valence-corrected chi connectivity index (χ1v) is 10.2. The molecule has 0 unspecified atom stereocenters. The van der Waals surface area contributed by atoms with Crippen LogP contribution in [-0.4, -0.2) is 38.2 Å². The smallest absolute Gasteiger partial charge is 0.251 e. The van der Waals surface area contributed by atoms with Crippen LogP contribution >= 0.6 is 0 Å². The van der Waals surface area contributed by atoms with Gasteiger partial charge in [-0.2, -0.15) is 0 Å². The number of aliphatic hydroxyl groups excluding tert-OH is 1. The number of aliphatic hydroxyl groups is 1. The Balaban J connectivity index is 1.37. The molecular formula is C23H24N4O2. The van der Waals surface area contributed by atoms with E-state index in [0.717, 1.165) is 43.5 Å². The molecule has 6 heteroatoms. The molecule has 2 atom stereocenters. The van der Waals surface area contributed by atoms with Crippen molar-refractivity contribution in [2.45, 2.75) is 49.7 Å². The standard InChI is InChI=1S/C23H24N4O2/c28-20-11-5-10-19(20)24-22(29)16-6-4-9-18(14-16)27-15-21(25-26-27)23(12-13-23)17-7-2-1-3-8-17/h1-4,6-9,14-15,19-20,28H,5,10-13H2,(H,24,29)/t19-,20-/m1/s1. The first kappa shape index (κ1) is 18.1. The second-order valence-electron chi connectivity index (χ2n) is 8.13. The number of nitrogens with zero attached hydrogens (tertiary/aromatic N) is 3. The van der Waals surface area contributed by atoms with Gasteiger partial charge in [-0.25, -0.2) is 4.68 Å². The fourth-order valence-corrected chi connectivity index (χ4v) is 4.33. The van der Waals surface area contributed by atoms with Crippen LogP contribution in [0.2, 0.25) is 0 Å². The fourth-order valence-electron chi connectivity index (χ4n) is 4.33. The summed E-state index contributed by atoms with van der Waals surface area (Å²) in [6.07, 6.45) is 6.17. The Hall–Kier alpha value is -2.99. The van der Waals surface area contributed by atoms with Gasteiger partial charge in [-0.3, -0.25) is 4.79 Å². The monoisotopic (exact) mass is 388 g/mol. The average molecular weight is 388 g/mol. The summed E-state index contributed by atoms with van der Waals surface area (Å²) in [5.74, 6) is -0.166. The van der Waals surface area contributed by atoms with Gasteiger partial charge in [0.15, 0.2) is 0 Å². The van der Waals surface area contributed by atoms with Crippen molar-refractivity contribution < 1.29 is 9.90 Å². The van der Waals surface area contributed by atoms with E-state index < -0.39 is 6.10 Å². The highest BCUT2D eigenvalue weighted by atomic mass is 16.3. The zero-order chi connectivity index (χ0) is 19.8. The number of hydrogen-bond acceptors (Lipinski definition) is 4. The molecule has 5 rings (SSSR count). The van der Waals surface area contributed by atoms with E-state index in [2.05, 4.69) is 39.9 Å². The molecule has 0 saturated heterocycles. The molecule has 3 aromatic rings. The minimum absolute atomic E-state index is 0.0346. The number of carbonyl (C=O) groups excluding carboxylic acids is 1. The summed E-state index contributed by atoms with van der Waals surface area (Å²) in [5.41, 5.74) is 3.56. The van der Waals surface area contributed by atoms with Gasteiger partial charge in [-0.1, -0.05) is 41.6 Å². The molecule has 0 radical (unpaired) electrons. The lowest BCUT2D eigenvalue weighted by Crippen LogP contribution is -2.39. The third kappa shape index (κ3) is 3.34. The van der Waals surface area contributed by atoms with Gasteiger partial charge >= 0.3 is 0 Å². The van der Waals surface area contributed by atoms with Gasteiger partial charge in [0.25, 0.3) is 5.91 Å². The van der Waals surface area contributed by atoms with Crippen molar-refractivity contribution in [1.29, 1.82) is 0 Å². The van der Waals surface area contributed by atoms with Crippen LogP contribution in [0.15, 0.2) is 60.8 Å². The molecular weight excluding hydrogens is 364 g/mol. The molecule has 1 amide bonds. The number of nitrogens with one attached hydrogen (secondary N) is 1. The summed E-state index contributed by atoms with van der Waals surface area (Å²) in [5, 5.41) is 21.7. The Bertz CT molecular complexity index is 1030.